The van der Waals surface area contributed by atoms with Gasteiger partial charge in [-0.1, -0.05) is 96.6 Å². The molecule has 4 aromatic carbocycles. The summed E-state index contributed by atoms with van der Waals surface area (Å²) >= 11 is 0. The smallest absolute Gasteiger partial charge is 0.320 e. The summed E-state index contributed by atoms with van der Waals surface area (Å²) in [7, 11) is 1.72. The molecule has 2 amide bonds. The molecule has 6 nitrogen and oxygen atoms in total. The van der Waals surface area contributed by atoms with Gasteiger partial charge in [0.15, 0.2) is 0 Å². The van der Waals surface area contributed by atoms with Crippen LogP contribution in [0.25, 0.3) is 16.9 Å². The Hall–Kier alpha value is -4.68. The summed E-state index contributed by atoms with van der Waals surface area (Å²) in [5.74, 6) is 0.688. The predicted octanol–water partition coefficient (Wildman–Crippen LogP) is 7.18. The number of ether oxygens (including phenoxy) is 1. The van der Waals surface area contributed by atoms with Gasteiger partial charge in [0.2, 0.25) is 0 Å². The van der Waals surface area contributed by atoms with Crippen LogP contribution < -0.4 is 10.6 Å². The number of hydrogen-bond acceptors (Lipinski definition) is 3. The molecule has 0 aliphatic heterocycles. The number of nitrogens with one attached hydrogen (secondary N) is 2. The molecule has 5 aromatic rings. The molecule has 0 unspecified atom stereocenters. The van der Waals surface area contributed by atoms with E-state index in [0.29, 0.717) is 12.4 Å². The molecule has 0 saturated heterocycles. The first-order valence-corrected chi connectivity index (χ1v) is 14.0. The lowest BCUT2D eigenvalue weighted by molar-refractivity contribution is 0.184. The molecule has 206 valence electrons. The number of anilines is 1. The molecule has 1 aliphatic carbocycles. The third kappa shape index (κ3) is 5.26. The second-order valence-electron chi connectivity index (χ2n) is 10.7. The minimum Gasteiger partial charge on any atom is -0.380 e. The van der Waals surface area contributed by atoms with Crippen molar-refractivity contribution >= 4 is 11.8 Å². The summed E-state index contributed by atoms with van der Waals surface area (Å²) in [6.07, 6.45) is 0.730. The van der Waals surface area contributed by atoms with Crippen LogP contribution in [0.5, 0.6) is 0 Å². The van der Waals surface area contributed by atoms with Crippen LogP contribution in [-0.4, -0.2) is 29.0 Å². The van der Waals surface area contributed by atoms with E-state index in [2.05, 4.69) is 84.3 Å². The summed E-state index contributed by atoms with van der Waals surface area (Å²) in [5.41, 5.74) is 9.65. The van der Waals surface area contributed by atoms with Crippen LogP contribution in [0.2, 0.25) is 0 Å². The van der Waals surface area contributed by atoms with E-state index in [-0.39, 0.29) is 18.0 Å². The Morgan fingerprint density at radius 2 is 1.61 bits per heavy atom. The number of benzene rings is 4. The van der Waals surface area contributed by atoms with Crippen molar-refractivity contribution in [2.45, 2.75) is 38.8 Å². The first kappa shape index (κ1) is 26.5. The lowest BCUT2D eigenvalue weighted by Gasteiger charge is -2.23. The molecular weight excluding hydrogens is 508 g/mol. The van der Waals surface area contributed by atoms with Crippen molar-refractivity contribution in [2.24, 2.45) is 0 Å². The topological polar surface area (TPSA) is 68.2 Å². The van der Waals surface area contributed by atoms with Crippen LogP contribution in [-0.2, 0) is 17.8 Å². The molecule has 0 saturated carbocycles. The van der Waals surface area contributed by atoms with Crippen LogP contribution in [0.3, 0.4) is 0 Å². The van der Waals surface area contributed by atoms with Gasteiger partial charge in [-0.05, 0) is 54.7 Å². The zero-order valence-corrected chi connectivity index (χ0v) is 23.6. The van der Waals surface area contributed by atoms with Gasteiger partial charge in [0.1, 0.15) is 5.82 Å². The highest BCUT2D eigenvalue weighted by molar-refractivity contribution is 5.91. The Kier molecular flexibility index (Phi) is 7.40. The second-order valence-corrected chi connectivity index (χ2v) is 10.7. The number of aromatic nitrogens is 2. The largest absolute Gasteiger partial charge is 0.380 e. The Morgan fingerprint density at radius 3 is 2.32 bits per heavy atom. The van der Waals surface area contributed by atoms with E-state index in [1.54, 1.807) is 7.11 Å². The Labute approximate surface area is 241 Å². The zero-order valence-electron chi connectivity index (χ0n) is 23.6. The lowest BCUT2D eigenvalue weighted by atomic mass is 9.90. The number of para-hydroxylation sites is 1. The number of aryl methyl sites for hydroxylation is 1. The van der Waals surface area contributed by atoms with Gasteiger partial charge in [-0.15, -0.1) is 0 Å². The molecule has 0 fully saturated rings. The summed E-state index contributed by atoms with van der Waals surface area (Å²) in [6, 6.07) is 34.6. The van der Waals surface area contributed by atoms with E-state index in [4.69, 9.17) is 9.84 Å². The zero-order chi connectivity index (χ0) is 28.3. The third-order valence-electron chi connectivity index (χ3n) is 7.93. The van der Waals surface area contributed by atoms with Crippen LogP contribution in [0.4, 0.5) is 10.6 Å². The normalized spacial score (nSPS) is 15.9. The molecule has 0 bridgehead atoms. The summed E-state index contributed by atoms with van der Waals surface area (Å²) in [5, 5.41) is 11.4. The third-order valence-corrected chi connectivity index (χ3v) is 7.93. The van der Waals surface area contributed by atoms with E-state index in [0.717, 1.165) is 34.5 Å². The SMILES string of the molecule is COCc1cccc2c1C[C@@H](NC(=O)Nc1c(C)c(-c3ccc(C)cc3)nn1-c1ccccc1)[C@@H]2c1ccccc1. The summed E-state index contributed by atoms with van der Waals surface area (Å²) in [4.78, 5) is 13.7. The van der Waals surface area contributed by atoms with Crippen molar-refractivity contribution in [2.75, 3.05) is 12.4 Å². The van der Waals surface area contributed by atoms with Gasteiger partial charge in [-0.2, -0.15) is 5.10 Å². The number of carbonyl (C=O) groups excluding carboxylic acids is 1. The van der Waals surface area contributed by atoms with Gasteiger partial charge < -0.3 is 10.1 Å². The molecule has 2 N–H and O–H groups in total. The maximum Gasteiger partial charge on any atom is 0.320 e. The molecule has 1 aliphatic rings. The first-order chi connectivity index (χ1) is 20.0. The van der Waals surface area contributed by atoms with Gasteiger partial charge >= 0.3 is 6.03 Å². The molecule has 0 spiro atoms. The van der Waals surface area contributed by atoms with Gasteiger partial charge in [0, 0.05) is 30.2 Å². The lowest BCUT2D eigenvalue weighted by Crippen LogP contribution is -2.41. The highest BCUT2D eigenvalue weighted by Gasteiger charge is 2.36. The van der Waals surface area contributed by atoms with Gasteiger partial charge in [-0.3, -0.25) is 5.32 Å². The fourth-order valence-electron chi connectivity index (χ4n) is 5.94. The van der Waals surface area contributed by atoms with E-state index in [1.807, 2.05) is 48.0 Å². The van der Waals surface area contributed by atoms with Crippen LogP contribution in [0, 0.1) is 13.8 Å². The maximum atomic E-state index is 13.7. The quantitative estimate of drug-likeness (QED) is 0.229. The summed E-state index contributed by atoms with van der Waals surface area (Å²) < 4.78 is 7.31. The maximum absolute atomic E-state index is 13.7. The fraction of sp³-hybridized carbons (Fsp3) is 0.200. The van der Waals surface area contributed by atoms with E-state index >= 15 is 0 Å². The number of hydrogen-bond donors (Lipinski definition) is 2. The molecule has 2 atom stereocenters. The standard InChI is InChI=1S/C35H34N4O2/c1-23-17-19-26(20-18-23)33-24(2)34(39(38-33)28-14-8-5-9-15-28)37-35(40)36-31-21-30-27(22-41-3)13-10-16-29(30)32(31)25-11-6-4-7-12-25/h4-20,31-32H,21-22H2,1-3H3,(H2,36,37,40)/t31-,32-/m1/s1. The van der Waals surface area contributed by atoms with Crippen molar-refractivity contribution in [3.63, 3.8) is 0 Å². The minimum atomic E-state index is -0.257. The van der Waals surface area contributed by atoms with Gasteiger partial charge in [0.25, 0.3) is 0 Å². The monoisotopic (exact) mass is 542 g/mol. The first-order valence-electron chi connectivity index (χ1n) is 14.0. The van der Waals surface area contributed by atoms with E-state index in [1.165, 1.54) is 22.3 Å². The molecular formula is C35H34N4O2. The van der Waals surface area contributed by atoms with E-state index < -0.39 is 0 Å². The number of fused-ring (bicyclic) bond motifs is 1. The number of methoxy groups -OCH3 is 1. The van der Waals surface area contributed by atoms with Gasteiger partial charge in [0.05, 0.1) is 18.0 Å². The molecule has 41 heavy (non-hydrogen) atoms. The molecule has 6 heteroatoms. The van der Waals surface area contributed by atoms with E-state index in [9.17, 15) is 4.79 Å². The molecule has 1 aromatic heterocycles. The Morgan fingerprint density at radius 1 is 0.902 bits per heavy atom. The number of carbonyl (C=O) groups is 1. The number of rotatable bonds is 7. The van der Waals surface area contributed by atoms with Crippen molar-refractivity contribution in [3.8, 4) is 16.9 Å². The fourth-order valence-corrected chi connectivity index (χ4v) is 5.94. The Balaban J connectivity index is 1.33. The van der Waals surface area contributed by atoms with Crippen LogP contribution >= 0.6 is 0 Å². The molecule has 6 rings (SSSR count). The predicted molar refractivity (Wildman–Crippen MR) is 164 cm³/mol. The van der Waals surface area contributed by atoms with Crippen molar-refractivity contribution in [1.82, 2.24) is 15.1 Å². The average Bonchev–Trinajstić information content (AvgIpc) is 3.52. The number of amides is 2. The molecule has 0 radical (unpaired) electrons. The van der Waals surface area contributed by atoms with Crippen molar-refractivity contribution in [1.29, 1.82) is 0 Å². The van der Waals surface area contributed by atoms with Crippen LogP contribution in [0.1, 0.15) is 39.3 Å². The van der Waals surface area contributed by atoms with Crippen molar-refractivity contribution < 1.29 is 9.53 Å². The molecule has 1 heterocycles. The van der Waals surface area contributed by atoms with Crippen LogP contribution in [0.15, 0.2) is 103 Å². The summed E-state index contributed by atoms with van der Waals surface area (Å²) in [6.45, 7) is 4.62. The number of urea groups is 1. The number of nitrogens with zero attached hydrogens (tertiary/aromatic N) is 2. The average molecular weight is 543 g/mol. The minimum absolute atomic E-state index is 0.0389. The van der Waals surface area contributed by atoms with Gasteiger partial charge in [-0.25, -0.2) is 9.48 Å². The highest BCUT2D eigenvalue weighted by atomic mass is 16.5. The highest BCUT2D eigenvalue weighted by Crippen LogP contribution is 2.40. The second kappa shape index (κ2) is 11.4. The Bertz CT molecular complexity index is 1660. The van der Waals surface area contributed by atoms with Crippen molar-refractivity contribution in [3.05, 3.63) is 137 Å².